The van der Waals surface area contributed by atoms with E-state index in [9.17, 15) is 4.79 Å². The van der Waals surface area contributed by atoms with Crippen molar-refractivity contribution in [2.45, 2.75) is 0 Å². The molecule has 22 heavy (non-hydrogen) atoms. The molecule has 0 fully saturated rings. The molecular weight excluding hydrogens is 393 g/mol. The van der Waals surface area contributed by atoms with Crippen molar-refractivity contribution in [3.05, 3.63) is 51.7 Å². The highest BCUT2D eigenvalue weighted by Crippen LogP contribution is 2.32. The van der Waals surface area contributed by atoms with Crippen LogP contribution in [0.5, 0.6) is 0 Å². The second kappa shape index (κ2) is 5.09. The van der Waals surface area contributed by atoms with Gasteiger partial charge >= 0.3 is 0 Å². The Labute approximate surface area is 139 Å². The first-order valence-electron chi connectivity index (χ1n) is 6.59. The van der Waals surface area contributed by atoms with Crippen LogP contribution >= 0.6 is 22.6 Å². The number of rotatable bonds is 2. The lowest BCUT2D eigenvalue weighted by Crippen LogP contribution is -2.05. The lowest BCUT2D eigenvalue weighted by molar-refractivity contribution is -0.110. The van der Waals surface area contributed by atoms with E-state index in [0.717, 1.165) is 31.5 Å². The maximum atomic E-state index is 12.1. The fourth-order valence-electron chi connectivity index (χ4n) is 2.39. The van der Waals surface area contributed by atoms with Crippen molar-refractivity contribution in [2.24, 2.45) is 0 Å². The lowest BCUT2D eigenvalue weighted by atomic mass is 10.1. The molecular formula is C15H10IN5O. The van der Waals surface area contributed by atoms with Gasteiger partial charge in [0.2, 0.25) is 0 Å². The molecule has 3 N–H and O–H groups in total. The third-order valence-electron chi connectivity index (χ3n) is 3.47. The van der Waals surface area contributed by atoms with Crippen LogP contribution in [-0.4, -0.2) is 21.3 Å². The summed E-state index contributed by atoms with van der Waals surface area (Å²) in [5.41, 5.74) is 4.88. The van der Waals surface area contributed by atoms with E-state index in [4.69, 9.17) is 0 Å². The first-order chi connectivity index (χ1) is 10.7. The van der Waals surface area contributed by atoms with Crippen LogP contribution in [0, 0.1) is 3.57 Å². The number of carbonyl (C=O) groups is 1. The van der Waals surface area contributed by atoms with Gasteiger partial charge in [0.05, 0.1) is 11.1 Å². The molecule has 6 nitrogen and oxygen atoms in total. The molecule has 1 amide bonds. The van der Waals surface area contributed by atoms with Crippen LogP contribution in [0.25, 0.3) is 16.6 Å². The van der Waals surface area contributed by atoms with E-state index in [2.05, 4.69) is 48.6 Å². The Hall–Kier alpha value is -2.42. The van der Waals surface area contributed by atoms with Crippen LogP contribution in [0.1, 0.15) is 5.56 Å². The van der Waals surface area contributed by atoms with Crippen LogP contribution < -0.4 is 10.6 Å². The molecule has 0 unspecified atom stereocenters. The topological polar surface area (TPSA) is 82.7 Å². The molecule has 0 saturated heterocycles. The van der Waals surface area contributed by atoms with Gasteiger partial charge in [0, 0.05) is 26.7 Å². The maximum Gasteiger partial charge on any atom is 0.257 e. The van der Waals surface area contributed by atoms with E-state index >= 15 is 0 Å². The summed E-state index contributed by atoms with van der Waals surface area (Å²) in [6.07, 6.45) is 1.72. The van der Waals surface area contributed by atoms with Crippen LogP contribution in [0.15, 0.2) is 42.6 Å². The first kappa shape index (κ1) is 13.3. The molecule has 2 aromatic carbocycles. The van der Waals surface area contributed by atoms with Crippen molar-refractivity contribution in [1.29, 1.82) is 0 Å². The predicted molar refractivity (Wildman–Crippen MR) is 93.3 cm³/mol. The van der Waals surface area contributed by atoms with E-state index in [1.54, 1.807) is 6.20 Å². The van der Waals surface area contributed by atoms with Gasteiger partial charge in [-0.2, -0.15) is 0 Å². The highest BCUT2D eigenvalue weighted by molar-refractivity contribution is 14.1. The Kier molecular flexibility index (Phi) is 3.07. The second-order valence-electron chi connectivity index (χ2n) is 4.89. The van der Waals surface area contributed by atoms with Gasteiger partial charge in [-0.3, -0.25) is 9.89 Å². The molecule has 1 aliphatic rings. The molecule has 108 valence electrons. The molecule has 3 aromatic rings. The standard InChI is InChI=1S/C15H10IN5O/c16-8-1-3-12-10(5-8)11(15(22)18-12)7-17-9-2-4-13-14(6-9)20-21-19-13/h1-7,17H,(H,18,22)(H,19,20,21). The zero-order valence-corrected chi connectivity index (χ0v) is 13.4. The van der Waals surface area contributed by atoms with E-state index in [1.807, 2.05) is 36.4 Å². The van der Waals surface area contributed by atoms with Gasteiger partial charge in [0.25, 0.3) is 5.91 Å². The summed E-state index contributed by atoms with van der Waals surface area (Å²) in [6.45, 7) is 0. The largest absolute Gasteiger partial charge is 0.361 e. The molecule has 1 aromatic heterocycles. The van der Waals surface area contributed by atoms with Gasteiger partial charge in [0.1, 0.15) is 5.52 Å². The molecule has 0 radical (unpaired) electrons. The SMILES string of the molecule is O=C1Nc2ccc(I)cc2C1=CNc1ccc2nn[nH]c2c1. The molecule has 2 heterocycles. The number of carbonyl (C=O) groups excluding carboxylic acids is 1. The van der Waals surface area contributed by atoms with Crippen LogP contribution in [0.4, 0.5) is 11.4 Å². The van der Waals surface area contributed by atoms with Crippen LogP contribution in [-0.2, 0) is 4.79 Å². The number of hydrogen-bond acceptors (Lipinski definition) is 4. The summed E-state index contributed by atoms with van der Waals surface area (Å²) >= 11 is 2.23. The summed E-state index contributed by atoms with van der Waals surface area (Å²) in [5, 5.41) is 16.5. The number of halogens is 1. The molecule has 0 aliphatic carbocycles. The summed E-state index contributed by atoms with van der Waals surface area (Å²) in [5.74, 6) is -0.103. The molecule has 0 saturated carbocycles. The predicted octanol–water partition coefficient (Wildman–Crippen LogP) is 2.97. The fourth-order valence-corrected chi connectivity index (χ4v) is 2.89. The second-order valence-corrected chi connectivity index (χ2v) is 6.14. The average Bonchev–Trinajstić information content (AvgIpc) is 3.08. The normalized spacial score (nSPS) is 15.1. The number of aromatic nitrogens is 3. The Morgan fingerprint density at radius 1 is 1.18 bits per heavy atom. The van der Waals surface area contributed by atoms with Crippen LogP contribution in [0.2, 0.25) is 0 Å². The number of anilines is 2. The van der Waals surface area contributed by atoms with Crippen molar-refractivity contribution in [3.63, 3.8) is 0 Å². The molecule has 0 atom stereocenters. The van der Waals surface area contributed by atoms with E-state index in [1.165, 1.54) is 0 Å². The molecule has 1 aliphatic heterocycles. The monoisotopic (exact) mass is 403 g/mol. The minimum Gasteiger partial charge on any atom is -0.361 e. The third kappa shape index (κ3) is 2.23. The highest BCUT2D eigenvalue weighted by atomic mass is 127. The van der Waals surface area contributed by atoms with E-state index < -0.39 is 0 Å². The third-order valence-corrected chi connectivity index (χ3v) is 4.14. The number of amides is 1. The summed E-state index contributed by atoms with van der Waals surface area (Å²) in [6, 6.07) is 11.5. The number of hydrogen-bond donors (Lipinski definition) is 3. The van der Waals surface area contributed by atoms with Crippen molar-refractivity contribution in [3.8, 4) is 0 Å². The Bertz CT molecular complexity index is 931. The lowest BCUT2D eigenvalue weighted by Gasteiger charge is -2.03. The van der Waals surface area contributed by atoms with Gasteiger partial charge in [-0.05, 0) is 59.0 Å². The maximum absolute atomic E-state index is 12.1. The summed E-state index contributed by atoms with van der Waals surface area (Å²) in [7, 11) is 0. The number of benzene rings is 2. The van der Waals surface area contributed by atoms with Crippen molar-refractivity contribution in [2.75, 3.05) is 10.6 Å². The zero-order valence-electron chi connectivity index (χ0n) is 11.2. The minimum absolute atomic E-state index is 0.103. The minimum atomic E-state index is -0.103. The van der Waals surface area contributed by atoms with Gasteiger partial charge in [0.15, 0.2) is 0 Å². The summed E-state index contributed by atoms with van der Waals surface area (Å²) < 4.78 is 1.09. The van der Waals surface area contributed by atoms with Crippen molar-refractivity contribution < 1.29 is 4.79 Å². The smallest absolute Gasteiger partial charge is 0.257 e. The van der Waals surface area contributed by atoms with Crippen molar-refractivity contribution >= 4 is 56.5 Å². The number of nitrogens with zero attached hydrogens (tertiary/aromatic N) is 2. The summed E-state index contributed by atoms with van der Waals surface area (Å²) in [4.78, 5) is 12.1. The van der Waals surface area contributed by atoms with E-state index in [0.29, 0.717) is 5.57 Å². The van der Waals surface area contributed by atoms with Gasteiger partial charge in [-0.15, -0.1) is 5.10 Å². The van der Waals surface area contributed by atoms with Gasteiger partial charge < -0.3 is 10.6 Å². The number of nitrogens with one attached hydrogen (secondary N) is 3. The molecule has 0 bridgehead atoms. The number of H-pyrrole nitrogens is 1. The average molecular weight is 403 g/mol. The fraction of sp³-hybridized carbons (Fsp3) is 0. The zero-order chi connectivity index (χ0) is 15.1. The quantitative estimate of drug-likeness (QED) is 0.454. The van der Waals surface area contributed by atoms with Crippen LogP contribution in [0.3, 0.4) is 0 Å². The number of fused-ring (bicyclic) bond motifs is 2. The highest BCUT2D eigenvalue weighted by Gasteiger charge is 2.24. The molecule has 0 spiro atoms. The Balaban J connectivity index is 1.68. The van der Waals surface area contributed by atoms with Gasteiger partial charge in [-0.1, -0.05) is 5.21 Å². The van der Waals surface area contributed by atoms with E-state index in [-0.39, 0.29) is 5.91 Å². The van der Waals surface area contributed by atoms with Gasteiger partial charge in [-0.25, -0.2) is 0 Å². The Morgan fingerprint density at radius 3 is 3.00 bits per heavy atom. The Morgan fingerprint density at radius 2 is 2.09 bits per heavy atom. The molecule has 7 heteroatoms. The molecule has 4 rings (SSSR count). The number of aromatic amines is 1. The van der Waals surface area contributed by atoms with Crippen molar-refractivity contribution in [1.82, 2.24) is 15.4 Å². The first-order valence-corrected chi connectivity index (χ1v) is 7.67.